The molecule has 27 heavy (non-hydrogen) atoms. The third-order valence-corrected chi connectivity index (χ3v) is 8.59. The lowest BCUT2D eigenvalue weighted by atomic mass is 9.74. The first-order valence-electron chi connectivity index (χ1n) is 10.4. The lowest BCUT2D eigenvalue weighted by Gasteiger charge is -2.37. The van der Waals surface area contributed by atoms with Crippen molar-refractivity contribution in [2.75, 3.05) is 13.2 Å². The maximum absolute atomic E-state index is 9.01. The predicted octanol–water partition coefficient (Wildman–Crippen LogP) is 6.88. The van der Waals surface area contributed by atoms with Gasteiger partial charge in [-0.3, -0.25) is 0 Å². The van der Waals surface area contributed by atoms with Crippen molar-refractivity contribution in [1.82, 2.24) is 0 Å². The molecule has 1 aliphatic heterocycles. The van der Waals surface area contributed by atoms with Crippen molar-refractivity contribution in [3.8, 4) is 6.07 Å². The van der Waals surface area contributed by atoms with Gasteiger partial charge < -0.3 is 9.47 Å². The van der Waals surface area contributed by atoms with E-state index in [1.807, 2.05) is 6.07 Å². The Balaban J connectivity index is 1.25. The van der Waals surface area contributed by atoms with Crippen LogP contribution in [0.25, 0.3) is 9.40 Å². The second-order valence-corrected chi connectivity index (χ2v) is 10.5. The van der Waals surface area contributed by atoms with Crippen LogP contribution in [0.5, 0.6) is 0 Å². The minimum atomic E-state index is -0.221. The standard InChI is InChI=1S/C22H29NO2S2/c1-2-3-4-5-15-6-8-16(9-7-15)18-13-24-21(25-14-18)20-11-17-10-19(12-23)26-22(17)27-20/h10-11,15-16,18,21H,2-9,13-14H2,1H3. The summed E-state index contributed by atoms with van der Waals surface area (Å²) >= 11 is 3.26. The molecule has 1 saturated carbocycles. The van der Waals surface area contributed by atoms with Crippen LogP contribution < -0.4 is 0 Å². The van der Waals surface area contributed by atoms with Crippen LogP contribution in [-0.2, 0) is 9.47 Å². The maximum Gasteiger partial charge on any atom is 0.193 e. The van der Waals surface area contributed by atoms with Crippen molar-refractivity contribution in [1.29, 1.82) is 5.26 Å². The summed E-state index contributed by atoms with van der Waals surface area (Å²) in [7, 11) is 0. The van der Waals surface area contributed by atoms with E-state index in [9.17, 15) is 0 Å². The van der Waals surface area contributed by atoms with Gasteiger partial charge >= 0.3 is 0 Å². The number of hydrogen-bond donors (Lipinski definition) is 0. The van der Waals surface area contributed by atoms with Gasteiger partial charge in [0.25, 0.3) is 0 Å². The number of fused-ring (bicyclic) bond motifs is 1. The largest absolute Gasteiger partial charge is 0.347 e. The van der Waals surface area contributed by atoms with E-state index in [0.717, 1.165) is 40.2 Å². The van der Waals surface area contributed by atoms with Gasteiger partial charge in [-0.2, -0.15) is 5.26 Å². The number of hydrogen-bond acceptors (Lipinski definition) is 5. The molecule has 5 heteroatoms. The molecule has 3 heterocycles. The zero-order valence-electron chi connectivity index (χ0n) is 16.1. The summed E-state index contributed by atoms with van der Waals surface area (Å²) in [5.41, 5.74) is 0. The topological polar surface area (TPSA) is 42.2 Å². The monoisotopic (exact) mass is 403 g/mol. The molecular weight excluding hydrogens is 374 g/mol. The Bertz CT molecular complexity index is 742. The van der Waals surface area contributed by atoms with Crippen LogP contribution in [0.15, 0.2) is 12.1 Å². The lowest BCUT2D eigenvalue weighted by Crippen LogP contribution is -2.34. The highest BCUT2D eigenvalue weighted by molar-refractivity contribution is 7.38. The Morgan fingerprint density at radius 1 is 1.04 bits per heavy atom. The minimum Gasteiger partial charge on any atom is -0.347 e. The molecule has 0 unspecified atom stereocenters. The summed E-state index contributed by atoms with van der Waals surface area (Å²) in [6, 6.07) is 6.32. The first-order valence-corrected chi connectivity index (χ1v) is 12.1. The predicted molar refractivity (Wildman–Crippen MR) is 112 cm³/mol. The first-order chi connectivity index (χ1) is 13.3. The second-order valence-electron chi connectivity index (χ2n) is 8.15. The van der Waals surface area contributed by atoms with E-state index in [4.69, 9.17) is 14.7 Å². The van der Waals surface area contributed by atoms with Crippen molar-refractivity contribution in [3.63, 3.8) is 0 Å². The number of ether oxygens (including phenoxy) is 2. The van der Waals surface area contributed by atoms with Crippen molar-refractivity contribution in [2.45, 2.75) is 64.6 Å². The molecule has 0 aromatic carbocycles. The highest BCUT2D eigenvalue weighted by atomic mass is 32.2. The summed E-state index contributed by atoms with van der Waals surface area (Å²) < 4.78 is 13.4. The number of rotatable bonds is 6. The number of unbranched alkanes of at least 4 members (excludes halogenated alkanes) is 2. The molecule has 2 fully saturated rings. The van der Waals surface area contributed by atoms with Gasteiger partial charge in [-0.05, 0) is 36.8 Å². The summed E-state index contributed by atoms with van der Waals surface area (Å²) in [5.74, 6) is 2.30. The average molecular weight is 404 g/mol. The number of nitrogens with zero attached hydrogens (tertiary/aromatic N) is 1. The third kappa shape index (κ3) is 4.56. The molecule has 0 spiro atoms. The van der Waals surface area contributed by atoms with Gasteiger partial charge in [0.15, 0.2) is 6.29 Å². The first kappa shape index (κ1) is 19.4. The normalized spacial score (nSPS) is 29.0. The van der Waals surface area contributed by atoms with E-state index in [2.05, 4.69) is 19.1 Å². The smallest absolute Gasteiger partial charge is 0.193 e. The zero-order valence-corrected chi connectivity index (χ0v) is 17.7. The van der Waals surface area contributed by atoms with Crippen molar-refractivity contribution in [2.24, 2.45) is 17.8 Å². The summed E-state index contributed by atoms with van der Waals surface area (Å²) in [5, 5.41) is 10.2. The third-order valence-electron chi connectivity index (χ3n) is 6.27. The van der Waals surface area contributed by atoms with Crippen LogP contribution in [0.1, 0.15) is 74.3 Å². The van der Waals surface area contributed by atoms with Crippen molar-refractivity contribution >= 4 is 32.1 Å². The average Bonchev–Trinajstić information content (AvgIpc) is 3.28. The molecule has 0 radical (unpaired) electrons. The second kappa shape index (κ2) is 9.05. The molecule has 2 aromatic rings. The van der Waals surface area contributed by atoms with Crippen LogP contribution in [0, 0.1) is 29.1 Å². The molecule has 146 valence electrons. The van der Waals surface area contributed by atoms with Gasteiger partial charge in [0.05, 0.1) is 22.1 Å². The molecule has 3 nitrogen and oxygen atoms in total. The Kier molecular flexibility index (Phi) is 6.50. The summed E-state index contributed by atoms with van der Waals surface area (Å²) in [6.07, 6.45) is 10.9. The highest BCUT2D eigenvalue weighted by Gasteiger charge is 2.32. The molecule has 2 aromatic heterocycles. The van der Waals surface area contributed by atoms with E-state index >= 15 is 0 Å². The Morgan fingerprint density at radius 2 is 1.81 bits per heavy atom. The molecule has 1 aliphatic carbocycles. The molecule has 4 rings (SSSR count). The molecule has 0 amide bonds. The number of nitriles is 1. The van der Waals surface area contributed by atoms with Gasteiger partial charge in [0.1, 0.15) is 10.9 Å². The van der Waals surface area contributed by atoms with Crippen LogP contribution >= 0.6 is 22.7 Å². The Hall–Kier alpha value is -0.930. The molecule has 0 atom stereocenters. The fourth-order valence-corrected chi connectivity index (χ4v) is 6.88. The molecule has 0 bridgehead atoms. The van der Waals surface area contributed by atoms with Gasteiger partial charge in [0, 0.05) is 11.3 Å². The van der Waals surface area contributed by atoms with E-state index in [1.54, 1.807) is 22.7 Å². The van der Waals surface area contributed by atoms with Crippen LogP contribution in [0.2, 0.25) is 0 Å². The van der Waals surface area contributed by atoms with E-state index < -0.39 is 0 Å². The van der Waals surface area contributed by atoms with E-state index in [-0.39, 0.29) is 6.29 Å². The van der Waals surface area contributed by atoms with Crippen molar-refractivity contribution in [3.05, 3.63) is 21.9 Å². The molecular formula is C22H29NO2S2. The van der Waals surface area contributed by atoms with Gasteiger partial charge in [-0.15, -0.1) is 22.7 Å². The molecule has 1 saturated heterocycles. The van der Waals surface area contributed by atoms with Gasteiger partial charge in [-0.1, -0.05) is 45.4 Å². The Labute approximate surface area is 170 Å². The zero-order chi connectivity index (χ0) is 18.6. The summed E-state index contributed by atoms with van der Waals surface area (Å²) in [4.78, 5) is 1.91. The lowest BCUT2D eigenvalue weighted by molar-refractivity contribution is -0.213. The Morgan fingerprint density at radius 3 is 2.48 bits per heavy atom. The van der Waals surface area contributed by atoms with Crippen molar-refractivity contribution < 1.29 is 9.47 Å². The maximum atomic E-state index is 9.01. The van der Waals surface area contributed by atoms with Crippen LogP contribution in [-0.4, -0.2) is 13.2 Å². The quantitative estimate of drug-likeness (QED) is 0.494. The highest BCUT2D eigenvalue weighted by Crippen LogP contribution is 2.41. The van der Waals surface area contributed by atoms with Gasteiger partial charge in [0.2, 0.25) is 0 Å². The fraction of sp³-hybridized carbons (Fsp3) is 0.682. The van der Waals surface area contributed by atoms with Crippen LogP contribution in [0.3, 0.4) is 0 Å². The fourth-order valence-electron chi connectivity index (χ4n) is 4.62. The van der Waals surface area contributed by atoms with Gasteiger partial charge in [-0.25, -0.2) is 0 Å². The number of thiophene rings is 2. The van der Waals surface area contributed by atoms with E-state index in [1.165, 1.54) is 55.4 Å². The summed E-state index contributed by atoms with van der Waals surface area (Å²) in [6.45, 7) is 3.94. The minimum absolute atomic E-state index is 0.221. The van der Waals surface area contributed by atoms with E-state index in [0.29, 0.717) is 5.92 Å². The molecule has 2 aliphatic rings. The SMILES string of the molecule is CCCCCC1CCC(C2COC(c3cc4cc(C#N)sc4s3)OC2)CC1. The van der Waals surface area contributed by atoms with Crippen LogP contribution in [0.4, 0.5) is 0 Å². The molecule has 0 N–H and O–H groups in total.